The van der Waals surface area contributed by atoms with Gasteiger partial charge in [-0.3, -0.25) is 10.1 Å². The Bertz CT molecular complexity index is 1300. The molecular formula is C22H12ClN3O3S. The third-order valence-electron chi connectivity index (χ3n) is 4.27. The minimum absolute atomic E-state index is 0.0459. The van der Waals surface area contributed by atoms with Gasteiger partial charge in [0, 0.05) is 28.1 Å². The fraction of sp³-hybridized carbons (Fsp3) is 0. The topological polar surface area (TPSA) is 93.0 Å². The van der Waals surface area contributed by atoms with Gasteiger partial charge in [0.05, 0.1) is 21.8 Å². The molecule has 0 atom stereocenters. The number of hydrogen-bond donors (Lipinski definition) is 0. The SMILES string of the molecule is N#C/C(=C\c1ccc(-c2ccccc2[N+](=O)[O-])o1)c1nc(-c2ccc(Cl)cc2)cs1. The van der Waals surface area contributed by atoms with Crippen molar-refractivity contribution in [2.45, 2.75) is 0 Å². The van der Waals surface area contributed by atoms with E-state index in [0.29, 0.717) is 32.7 Å². The molecule has 0 saturated heterocycles. The molecule has 0 saturated carbocycles. The summed E-state index contributed by atoms with van der Waals surface area (Å²) in [7, 11) is 0. The van der Waals surface area contributed by atoms with Crippen molar-refractivity contribution >= 4 is 40.3 Å². The molecule has 0 aliphatic heterocycles. The van der Waals surface area contributed by atoms with Crippen LogP contribution in [-0.4, -0.2) is 9.91 Å². The van der Waals surface area contributed by atoms with Crippen molar-refractivity contribution in [2.75, 3.05) is 0 Å². The van der Waals surface area contributed by atoms with Crippen molar-refractivity contribution in [1.82, 2.24) is 4.98 Å². The summed E-state index contributed by atoms with van der Waals surface area (Å²) in [5.41, 5.74) is 2.31. The number of nitrogens with zero attached hydrogens (tertiary/aromatic N) is 3. The quantitative estimate of drug-likeness (QED) is 0.198. The number of nitro groups is 1. The second kappa shape index (κ2) is 8.33. The number of allylic oxidation sites excluding steroid dienone is 1. The summed E-state index contributed by atoms with van der Waals surface area (Å²) in [6.45, 7) is 0. The van der Waals surface area contributed by atoms with Crippen molar-refractivity contribution in [3.63, 3.8) is 0 Å². The highest BCUT2D eigenvalue weighted by atomic mass is 35.5. The van der Waals surface area contributed by atoms with E-state index in [2.05, 4.69) is 11.1 Å². The highest BCUT2D eigenvalue weighted by Gasteiger charge is 2.17. The minimum Gasteiger partial charge on any atom is -0.456 e. The molecule has 0 aliphatic rings. The zero-order valence-corrected chi connectivity index (χ0v) is 16.9. The van der Waals surface area contributed by atoms with E-state index in [1.165, 1.54) is 17.4 Å². The number of benzene rings is 2. The molecule has 6 nitrogen and oxygen atoms in total. The summed E-state index contributed by atoms with van der Waals surface area (Å²) in [5.74, 6) is 0.759. The molecule has 146 valence electrons. The molecule has 4 rings (SSSR count). The summed E-state index contributed by atoms with van der Waals surface area (Å²) in [4.78, 5) is 15.3. The Balaban J connectivity index is 1.64. The number of halogens is 1. The van der Waals surface area contributed by atoms with E-state index in [1.807, 2.05) is 17.5 Å². The molecule has 0 fully saturated rings. The molecule has 0 amide bonds. The minimum atomic E-state index is -0.456. The molecule has 0 N–H and O–H groups in total. The van der Waals surface area contributed by atoms with Crippen LogP contribution in [0.25, 0.3) is 34.2 Å². The van der Waals surface area contributed by atoms with E-state index >= 15 is 0 Å². The first kappa shape index (κ1) is 19.6. The molecule has 4 aromatic rings. The summed E-state index contributed by atoms with van der Waals surface area (Å²) in [6, 6.07) is 19.1. The summed E-state index contributed by atoms with van der Waals surface area (Å²) < 4.78 is 5.75. The average Bonchev–Trinajstić information content (AvgIpc) is 3.42. The number of hydrogen-bond acceptors (Lipinski definition) is 6. The predicted molar refractivity (Wildman–Crippen MR) is 117 cm³/mol. The molecule has 0 spiro atoms. The summed E-state index contributed by atoms with van der Waals surface area (Å²) in [5, 5.41) is 23.9. The number of nitro benzene ring substituents is 1. The maximum absolute atomic E-state index is 11.2. The van der Waals surface area contributed by atoms with Crippen LogP contribution in [0.1, 0.15) is 10.8 Å². The third kappa shape index (κ3) is 4.01. The Labute approximate surface area is 180 Å². The maximum atomic E-state index is 11.2. The molecule has 2 aromatic carbocycles. The van der Waals surface area contributed by atoms with E-state index in [1.54, 1.807) is 48.5 Å². The fourth-order valence-electron chi connectivity index (χ4n) is 2.85. The van der Waals surface area contributed by atoms with Gasteiger partial charge in [-0.2, -0.15) is 5.26 Å². The Morgan fingerprint density at radius 1 is 1.17 bits per heavy atom. The first-order valence-electron chi connectivity index (χ1n) is 8.72. The van der Waals surface area contributed by atoms with Crippen LogP contribution < -0.4 is 0 Å². The first-order chi connectivity index (χ1) is 14.5. The number of rotatable bonds is 5. The number of nitriles is 1. The van der Waals surface area contributed by atoms with Crippen LogP contribution in [0.5, 0.6) is 0 Å². The van der Waals surface area contributed by atoms with E-state index < -0.39 is 4.92 Å². The summed E-state index contributed by atoms with van der Waals surface area (Å²) in [6.07, 6.45) is 1.57. The van der Waals surface area contributed by atoms with Gasteiger partial charge >= 0.3 is 0 Å². The van der Waals surface area contributed by atoms with Gasteiger partial charge in [-0.05, 0) is 30.3 Å². The van der Waals surface area contributed by atoms with Gasteiger partial charge in [-0.25, -0.2) is 4.98 Å². The van der Waals surface area contributed by atoms with Crippen molar-refractivity contribution in [2.24, 2.45) is 0 Å². The van der Waals surface area contributed by atoms with Crippen LogP contribution in [0.4, 0.5) is 5.69 Å². The van der Waals surface area contributed by atoms with E-state index in [4.69, 9.17) is 16.0 Å². The zero-order chi connectivity index (χ0) is 21.1. The molecule has 0 radical (unpaired) electrons. The standard InChI is InChI=1S/C22H12ClN3O3S/c23-16-7-5-14(6-8-16)19-13-30-22(25-19)15(12-24)11-17-9-10-21(29-17)18-3-1-2-4-20(18)26(27)28/h1-11,13H/b15-11+. The smallest absolute Gasteiger partial charge is 0.280 e. The highest BCUT2D eigenvalue weighted by Crippen LogP contribution is 2.33. The van der Waals surface area contributed by atoms with Gasteiger partial charge in [0.1, 0.15) is 22.6 Å². The Morgan fingerprint density at radius 3 is 2.67 bits per heavy atom. The van der Waals surface area contributed by atoms with Gasteiger partial charge in [0.15, 0.2) is 0 Å². The Morgan fingerprint density at radius 2 is 1.93 bits per heavy atom. The zero-order valence-electron chi connectivity index (χ0n) is 15.3. The van der Waals surface area contributed by atoms with Crippen molar-refractivity contribution in [1.29, 1.82) is 5.26 Å². The van der Waals surface area contributed by atoms with Gasteiger partial charge in [-0.1, -0.05) is 35.9 Å². The van der Waals surface area contributed by atoms with Crippen LogP contribution in [0.15, 0.2) is 70.5 Å². The number of para-hydroxylation sites is 1. The lowest BCUT2D eigenvalue weighted by atomic mass is 10.1. The largest absolute Gasteiger partial charge is 0.456 e. The third-order valence-corrected chi connectivity index (χ3v) is 5.40. The molecule has 0 unspecified atom stereocenters. The van der Waals surface area contributed by atoms with Crippen LogP contribution in [0.2, 0.25) is 5.02 Å². The second-order valence-corrected chi connectivity index (χ2v) is 7.49. The molecule has 0 bridgehead atoms. The molecule has 0 aliphatic carbocycles. The Hall–Kier alpha value is -3.73. The second-order valence-electron chi connectivity index (χ2n) is 6.19. The molecular weight excluding hydrogens is 422 g/mol. The summed E-state index contributed by atoms with van der Waals surface area (Å²) >= 11 is 7.27. The molecule has 8 heteroatoms. The van der Waals surface area contributed by atoms with Crippen LogP contribution >= 0.6 is 22.9 Å². The average molecular weight is 434 g/mol. The lowest BCUT2D eigenvalue weighted by Crippen LogP contribution is -1.90. The molecule has 30 heavy (non-hydrogen) atoms. The van der Waals surface area contributed by atoms with Crippen molar-refractivity contribution in [3.8, 4) is 28.7 Å². The number of aromatic nitrogens is 1. The van der Waals surface area contributed by atoms with E-state index in [-0.39, 0.29) is 5.69 Å². The van der Waals surface area contributed by atoms with Crippen LogP contribution in [0.3, 0.4) is 0 Å². The van der Waals surface area contributed by atoms with Gasteiger partial charge < -0.3 is 4.42 Å². The van der Waals surface area contributed by atoms with Gasteiger partial charge in [0.25, 0.3) is 5.69 Å². The highest BCUT2D eigenvalue weighted by molar-refractivity contribution is 7.11. The molecule has 2 heterocycles. The first-order valence-corrected chi connectivity index (χ1v) is 9.98. The van der Waals surface area contributed by atoms with Crippen LogP contribution in [0, 0.1) is 21.4 Å². The lowest BCUT2D eigenvalue weighted by molar-refractivity contribution is -0.384. The van der Waals surface area contributed by atoms with E-state index in [0.717, 1.165) is 11.3 Å². The van der Waals surface area contributed by atoms with E-state index in [9.17, 15) is 15.4 Å². The Kier molecular flexibility index (Phi) is 5.44. The monoisotopic (exact) mass is 433 g/mol. The van der Waals surface area contributed by atoms with Gasteiger partial charge in [0.2, 0.25) is 0 Å². The lowest BCUT2D eigenvalue weighted by Gasteiger charge is -1.99. The normalized spacial score (nSPS) is 11.3. The van der Waals surface area contributed by atoms with Crippen LogP contribution in [-0.2, 0) is 0 Å². The van der Waals surface area contributed by atoms with Gasteiger partial charge in [-0.15, -0.1) is 11.3 Å². The van der Waals surface area contributed by atoms with Crippen molar-refractivity contribution in [3.05, 3.63) is 91.9 Å². The number of thiazole rings is 1. The predicted octanol–water partition coefficient (Wildman–Crippen LogP) is 6.70. The number of furan rings is 1. The molecule has 2 aromatic heterocycles. The van der Waals surface area contributed by atoms with Crippen molar-refractivity contribution < 1.29 is 9.34 Å². The maximum Gasteiger partial charge on any atom is 0.280 e. The fourth-order valence-corrected chi connectivity index (χ4v) is 3.77.